The molecule has 1 aliphatic rings. The minimum Gasteiger partial charge on any atom is -0.508 e. The van der Waals surface area contributed by atoms with Gasteiger partial charge >= 0.3 is 0 Å². The standard InChI is InChI=1S/C12H16ClNO2/c1-16-12-7-11(15)8(6-10(12)13)5-9-3-2-4-14-9/h6-7,9,14-15H,2-5H2,1H3. The molecule has 0 amide bonds. The second-order valence-corrected chi connectivity index (χ2v) is 4.52. The molecule has 0 radical (unpaired) electrons. The first-order chi connectivity index (χ1) is 7.70. The fraction of sp³-hybridized carbons (Fsp3) is 0.500. The second-order valence-electron chi connectivity index (χ2n) is 4.11. The van der Waals surface area contributed by atoms with Crippen LogP contribution in [0.15, 0.2) is 12.1 Å². The van der Waals surface area contributed by atoms with Crippen molar-refractivity contribution in [2.24, 2.45) is 0 Å². The molecule has 0 aliphatic carbocycles. The summed E-state index contributed by atoms with van der Waals surface area (Å²) in [4.78, 5) is 0. The van der Waals surface area contributed by atoms with Gasteiger partial charge in [0, 0.05) is 12.1 Å². The van der Waals surface area contributed by atoms with Crippen LogP contribution in [0.4, 0.5) is 0 Å². The Labute approximate surface area is 100 Å². The van der Waals surface area contributed by atoms with E-state index >= 15 is 0 Å². The van der Waals surface area contributed by atoms with E-state index in [9.17, 15) is 5.11 Å². The van der Waals surface area contributed by atoms with Gasteiger partial charge in [0.1, 0.15) is 11.5 Å². The van der Waals surface area contributed by atoms with E-state index in [-0.39, 0.29) is 5.75 Å². The Morgan fingerprint density at radius 2 is 2.38 bits per heavy atom. The fourth-order valence-corrected chi connectivity index (χ4v) is 2.36. The number of aromatic hydroxyl groups is 1. The molecule has 1 atom stereocenters. The summed E-state index contributed by atoms with van der Waals surface area (Å²) in [5.41, 5.74) is 0.880. The van der Waals surface area contributed by atoms with Crippen molar-refractivity contribution in [3.05, 3.63) is 22.7 Å². The van der Waals surface area contributed by atoms with Crippen molar-refractivity contribution in [2.45, 2.75) is 25.3 Å². The highest BCUT2D eigenvalue weighted by atomic mass is 35.5. The minimum atomic E-state index is 0.259. The Morgan fingerprint density at radius 1 is 1.56 bits per heavy atom. The SMILES string of the molecule is COc1cc(O)c(CC2CCCN2)cc1Cl. The van der Waals surface area contributed by atoms with Crippen LogP contribution in [0.2, 0.25) is 5.02 Å². The van der Waals surface area contributed by atoms with Gasteiger partial charge in [0.15, 0.2) is 0 Å². The Morgan fingerprint density at radius 3 is 3.00 bits per heavy atom. The summed E-state index contributed by atoms with van der Waals surface area (Å²) in [5.74, 6) is 0.775. The van der Waals surface area contributed by atoms with E-state index in [1.807, 2.05) is 0 Å². The molecule has 4 heteroatoms. The molecule has 1 fully saturated rings. The molecule has 0 spiro atoms. The van der Waals surface area contributed by atoms with Gasteiger partial charge in [0.05, 0.1) is 12.1 Å². The normalized spacial score (nSPS) is 20.0. The molecule has 1 aromatic carbocycles. The van der Waals surface area contributed by atoms with E-state index in [2.05, 4.69) is 5.32 Å². The molecule has 1 aliphatic heterocycles. The largest absolute Gasteiger partial charge is 0.508 e. The Bertz CT molecular complexity index is 376. The molecule has 1 heterocycles. The third kappa shape index (κ3) is 2.42. The smallest absolute Gasteiger partial charge is 0.141 e. The van der Waals surface area contributed by atoms with Crippen molar-refractivity contribution < 1.29 is 9.84 Å². The number of rotatable bonds is 3. The molecule has 0 aromatic heterocycles. The van der Waals surface area contributed by atoms with Gasteiger partial charge in [-0.05, 0) is 37.4 Å². The zero-order valence-corrected chi connectivity index (χ0v) is 10.0. The Kier molecular flexibility index (Phi) is 3.56. The summed E-state index contributed by atoms with van der Waals surface area (Å²) < 4.78 is 5.04. The molecule has 3 nitrogen and oxygen atoms in total. The maximum absolute atomic E-state index is 9.84. The molecule has 16 heavy (non-hydrogen) atoms. The number of hydrogen-bond acceptors (Lipinski definition) is 3. The predicted molar refractivity (Wildman–Crippen MR) is 64.4 cm³/mol. The summed E-state index contributed by atoms with van der Waals surface area (Å²) in [6.45, 7) is 1.06. The average Bonchev–Trinajstić information content (AvgIpc) is 2.75. The van der Waals surface area contributed by atoms with E-state index in [0.29, 0.717) is 16.8 Å². The lowest BCUT2D eigenvalue weighted by molar-refractivity contribution is 0.406. The van der Waals surface area contributed by atoms with Crippen molar-refractivity contribution in [2.75, 3.05) is 13.7 Å². The topological polar surface area (TPSA) is 41.5 Å². The maximum Gasteiger partial charge on any atom is 0.141 e. The first kappa shape index (κ1) is 11.6. The molecule has 1 unspecified atom stereocenters. The van der Waals surface area contributed by atoms with Gasteiger partial charge in [0.2, 0.25) is 0 Å². The maximum atomic E-state index is 9.84. The van der Waals surface area contributed by atoms with Crippen molar-refractivity contribution in [3.63, 3.8) is 0 Å². The highest BCUT2D eigenvalue weighted by molar-refractivity contribution is 6.32. The number of ether oxygens (including phenoxy) is 1. The third-order valence-corrected chi connectivity index (χ3v) is 3.28. The predicted octanol–water partition coefficient (Wildman–Crippen LogP) is 2.35. The number of nitrogens with one attached hydrogen (secondary N) is 1. The van der Waals surface area contributed by atoms with Crippen molar-refractivity contribution in [3.8, 4) is 11.5 Å². The number of benzene rings is 1. The highest BCUT2D eigenvalue weighted by Crippen LogP contribution is 2.32. The lowest BCUT2D eigenvalue weighted by atomic mass is 10.0. The van der Waals surface area contributed by atoms with E-state index in [0.717, 1.165) is 24.9 Å². The van der Waals surface area contributed by atoms with Gasteiger partial charge in [-0.1, -0.05) is 11.6 Å². The molecular weight excluding hydrogens is 226 g/mol. The average molecular weight is 242 g/mol. The van der Waals surface area contributed by atoms with Crippen LogP contribution in [0, 0.1) is 0 Å². The van der Waals surface area contributed by atoms with Crippen LogP contribution >= 0.6 is 11.6 Å². The van der Waals surface area contributed by atoms with Crippen molar-refractivity contribution in [1.82, 2.24) is 5.32 Å². The first-order valence-corrected chi connectivity index (χ1v) is 5.87. The molecule has 1 saturated heterocycles. The van der Waals surface area contributed by atoms with Crippen LogP contribution in [0.1, 0.15) is 18.4 Å². The molecule has 0 bridgehead atoms. The fourth-order valence-electron chi connectivity index (χ4n) is 2.10. The van der Waals surface area contributed by atoms with E-state index < -0.39 is 0 Å². The van der Waals surface area contributed by atoms with E-state index in [1.54, 1.807) is 19.2 Å². The summed E-state index contributed by atoms with van der Waals surface area (Å²) >= 11 is 6.03. The van der Waals surface area contributed by atoms with Crippen LogP contribution in [0.25, 0.3) is 0 Å². The van der Waals surface area contributed by atoms with Gasteiger partial charge in [-0.25, -0.2) is 0 Å². The van der Waals surface area contributed by atoms with Crippen molar-refractivity contribution >= 4 is 11.6 Å². The quantitative estimate of drug-likeness (QED) is 0.854. The number of halogens is 1. The molecule has 1 aromatic rings. The summed E-state index contributed by atoms with van der Waals surface area (Å²) in [6.07, 6.45) is 3.17. The van der Waals surface area contributed by atoms with Crippen LogP contribution in [-0.4, -0.2) is 24.8 Å². The van der Waals surface area contributed by atoms with E-state index in [4.69, 9.17) is 16.3 Å². The zero-order chi connectivity index (χ0) is 11.5. The lowest BCUT2D eigenvalue weighted by Crippen LogP contribution is -2.23. The number of phenols is 1. The van der Waals surface area contributed by atoms with Gasteiger partial charge < -0.3 is 15.2 Å². The number of hydrogen-bond donors (Lipinski definition) is 2. The Balaban J connectivity index is 2.17. The highest BCUT2D eigenvalue weighted by Gasteiger charge is 2.17. The molecule has 88 valence electrons. The first-order valence-electron chi connectivity index (χ1n) is 5.49. The third-order valence-electron chi connectivity index (χ3n) is 2.98. The van der Waals surface area contributed by atoms with Gasteiger partial charge in [-0.3, -0.25) is 0 Å². The summed E-state index contributed by atoms with van der Waals surface area (Å²) in [7, 11) is 1.54. The summed E-state index contributed by atoms with van der Waals surface area (Å²) in [6, 6.07) is 3.82. The van der Waals surface area contributed by atoms with Crippen LogP contribution in [0.5, 0.6) is 11.5 Å². The monoisotopic (exact) mass is 241 g/mol. The summed E-state index contributed by atoms with van der Waals surface area (Å²) in [5, 5.41) is 13.8. The zero-order valence-electron chi connectivity index (χ0n) is 9.29. The van der Waals surface area contributed by atoms with Gasteiger partial charge in [-0.2, -0.15) is 0 Å². The molecule has 0 saturated carbocycles. The van der Waals surface area contributed by atoms with Crippen LogP contribution in [-0.2, 0) is 6.42 Å². The molecule has 2 rings (SSSR count). The van der Waals surface area contributed by atoms with Crippen molar-refractivity contribution in [1.29, 1.82) is 0 Å². The number of methoxy groups -OCH3 is 1. The van der Waals surface area contributed by atoms with Gasteiger partial charge in [-0.15, -0.1) is 0 Å². The molecule has 2 N–H and O–H groups in total. The molecular formula is C12H16ClNO2. The van der Waals surface area contributed by atoms with Crippen LogP contribution in [0.3, 0.4) is 0 Å². The Hall–Kier alpha value is -0.930. The second kappa shape index (κ2) is 4.93. The van der Waals surface area contributed by atoms with Gasteiger partial charge in [0.25, 0.3) is 0 Å². The van der Waals surface area contributed by atoms with E-state index in [1.165, 1.54) is 6.42 Å². The minimum absolute atomic E-state index is 0.259. The lowest BCUT2D eigenvalue weighted by Gasteiger charge is -2.13. The number of phenolic OH excluding ortho intramolecular Hbond substituents is 1. The van der Waals surface area contributed by atoms with Crippen LogP contribution < -0.4 is 10.1 Å².